The molecule has 0 saturated carbocycles. The summed E-state index contributed by atoms with van der Waals surface area (Å²) in [6.45, 7) is 2.76. The normalized spacial score (nSPS) is 14.6. The summed E-state index contributed by atoms with van der Waals surface area (Å²) in [7, 11) is 0. The van der Waals surface area contributed by atoms with E-state index in [4.69, 9.17) is 5.73 Å². The second-order valence-electron chi connectivity index (χ2n) is 5.55. The predicted molar refractivity (Wildman–Crippen MR) is 91.4 cm³/mol. The van der Waals surface area contributed by atoms with Crippen molar-refractivity contribution in [1.29, 1.82) is 0 Å². The van der Waals surface area contributed by atoms with Gasteiger partial charge in [0.15, 0.2) is 6.10 Å². The van der Waals surface area contributed by atoms with Gasteiger partial charge in [0.1, 0.15) is 0 Å². The van der Waals surface area contributed by atoms with E-state index in [-0.39, 0.29) is 18.0 Å². The number of aliphatic hydroxyl groups excluding tert-OH is 1. The lowest BCUT2D eigenvalue weighted by Gasteiger charge is -2.21. The monoisotopic (exact) mass is 358 g/mol. The third-order valence-corrected chi connectivity index (χ3v) is 4.17. The van der Waals surface area contributed by atoms with E-state index in [1.54, 1.807) is 18.2 Å². The molecule has 3 N–H and O–H groups in total. The molecule has 3 aromatic rings. The molecule has 0 spiro atoms. The third-order valence-electron chi connectivity index (χ3n) is 4.17. The van der Waals surface area contributed by atoms with Gasteiger partial charge in [0.05, 0.1) is 6.04 Å². The maximum atomic E-state index is 12.7. The summed E-state index contributed by atoms with van der Waals surface area (Å²) in [6, 6.07) is 11.2. The van der Waals surface area contributed by atoms with Crippen LogP contribution in [0.2, 0.25) is 0 Å². The van der Waals surface area contributed by atoms with Gasteiger partial charge in [0, 0.05) is 28.4 Å². The van der Waals surface area contributed by atoms with Crippen LogP contribution in [0.4, 0.5) is 13.2 Å². The number of fused-ring (bicyclic) bond motifs is 3. The van der Waals surface area contributed by atoms with Crippen molar-refractivity contribution < 1.29 is 18.3 Å². The molecule has 0 aliphatic rings. The molecule has 0 bridgehead atoms. The summed E-state index contributed by atoms with van der Waals surface area (Å²) in [5, 5.41) is 11.2. The SMILES string of the molecule is CCn1c2ccccc2c2cc([C@@H](N)[C@@H](O)C(F)(F)F)ccc21.Cl. The Kier molecular flexibility index (Phi) is 5.13. The average molecular weight is 359 g/mol. The van der Waals surface area contributed by atoms with E-state index < -0.39 is 18.3 Å². The molecule has 0 fully saturated rings. The Morgan fingerprint density at radius 3 is 2.33 bits per heavy atom. The Balaban J connectivity index is 0.00000208. The number of rotatable bonds is 3. The fraction of sp³-hybridized carbons (Fsp3) is 0.294. The molecule has 1 heterocycles. The highest BCUT2D eigenvalue weighted by molar-refractivity contribution is 6.08. The van der Waals surface area contributed by atoms with Crippen molar-refractivity contribution in [2.24, 2.45) is 5.73 Å². The van der Waals surface area contributed by atoms with Gasteiger partial charge in [-0.15, -0.1) is 12.4 Å². The number of nitrogens with two attached hydrogens (primary N) is 1. The van der Waals surface area contributed by atoms with E-state index in [2.05, 4.69) is 4.57 Å². The molecule has 0 saturated heterocycles. The molecule has 1 aromatic heterocycles. The van der Waals surface area contributed by atoms with Crippen molar-refractivity contribution in [2.45, 2.75) is 31.8 Å². The number of benzene rings is 2. The van der Waals surface area contributed by atoms with E-state index in [0.717, 1.165) is 28.4 Å². The lowest BCUT2D eigenvalue weighted by Crippen LogP contribution is -2.38. The van der Waals surface area contributed by atoms with Crippen LogP contribution in [0.15, 0.2) is 42.5 Å². The summed E-state index contributed by atoms with van der Waals surface area (Å²) in [4.78, 5) is 0. The Bertz CT molecular complexity index is 860. The molecule has 0 aliphatic heterocycles. The summed E-state index contributed by atoms with van der Waals surface area (Å²) in [6.07, 6.45) is -7.33. The van der Waals surface area contributed by atoms with Gasteiger partial charge in [-0.3, -0.25) is 0 Å². The summed E-state index contributed by atoms with van der Waals surface area (Å²) < 4.78 is 40.1. The zero-order chi connectivity index (χ0) is 16.8. The highest BCUT2D eigenvalue weighted by Gasteiger charge is 2.42. The number of halogens is 4. The Morgan fingerprint density at radius 2 is 1.71 bits per heavy atom. The highest BCUT2D eigenvalue weighted by Crippen LogP contribution is 2.33. The maximum absolute atomic E-state index is 12.7. The van der Waals surface area contributed by atoms with Crippen molar-refractivity contribution >= 4 is 34.2 Å². The van der Waals surface area contributed by atoms with Crippen LogP contribution in [-0.2, 0) is 6.54 Å². The van der Waals surface area contributed by atoms with E-state index >= 15 is 0 Å². The molecular weight excluding hydrogens is 341 g/mol. The average Bonchev–Trinajstić information content (AvgIpc) is 2.85. The second-order valence-corrected chi connectivity index (χ2v) is 5.55. The van der Waals surface area contributed by atoms with Gasteiger partial charge in [0.25, 0.3) is 0 Å². The van der Waals surface area contributed by atoms with E-state index in [9.17, 15) is 18.3 Å². The van der Waals surface area contributed by atoms with Crippen LogP contribution in [-0.4, -0.2) is 22.0 Å². The highest BCUT2D eigenvalue weighted by atomic mass is 35.5. The number of aryl methyl sites for hydroxylation is 1. The number of para-hydroxylation sites is 1. The van der Waals surface area contributed by atoms with Gasteiger partial charge in [0.2, 0.25) is 0 Å². The molecule has 0 radical (unpaired) electrons. The summed E-state index contributed by atoms with van der Waals surface area (Å²) in [5.74, 6) is 0. The topological polar surface area (TPSA) is 51.2 Å². The van der Waals surface area contributed by atoms with Crippen LogP contribution in [0.1, 0.15) is 18.5 Å². The quantitative estimate of drug-likeness (QED) is 0.738. The number of hydrogen-bond acceptors (Lipinski definition) is 2. The lowest BCUT2D eigenvalue weighted by molar-refractivity contribution is -0.210. The van der Waals surface area contributed by atoms with E-state index in [1.807, 2.05) is 31.2 Å². The van der Waals surface area contributed by atoms with Crippen LogP contribution in [0.25, 0.3) is 21.8 Å². The van der Waals surface area contributed by atoms with Crippen molar-refractivity contribution in [1.82, 2.24) is 4.57 Å². The van der Waals surface area contributed by atoms with Crippen molar-refractivity contribution in [3.63, 3.8) is 0 Å². The first-order valence-electron chi connectivity index (χ1n) is 7.36. The molecule has 0 amide bonds. The predicted octanol–water partition coefficient (Wildman–Crippen LogP) is 4.16. The molecular formula is C17H18ClF3N2O. The minimum Gasteiger partial charge on any atom is -0.382 e. The van der Waals surface area contributed by atoms with Gasteiger partial charge >= 0.3 is 6.18 Å². The molecule has 3 rings (SSSR count). The molecule has 2 atom stereocenters. The first-order chi connectivity index (χ1) is 10.8. The summed E-state index contributed by atoms with van der Waals surface area (Å²) >= 11 is 0. The first-order valence-corrected chi connectivity index (χ1v) is 7.36. The van der Waals surface area contributed by atoms with Crippen LogP contribution < -0.4 is 5.73 Å². The van der Waals surface area contributed by atoms with Crippen LogP contribution in [0.5, 0.6) is 0 Å². The smallest absolute Gasteiger partial charge is 0.382 e. The third kappa shape index (κ3) is 2.97. The van der Waals surface area contributed by atoms with Gasteiger partial charge in [-0.05, 0) is 30.7 Å². The molecule has 24 heavy (non-hydrogen) atoms. The summed E-state index contributed by atoms with van der Waals surface area (Å²) in [5.41, 5.74) is 7.84. The number of nitrogens with zero attached hydrogens (tertiary/aromatic N) is 1. The van der Waals surface area contributed by atoms with Gasteiger partial charge in [-0.1, -0.05) is 24.3 Å². The number of aromatic nitrogens is 1. The number of aliphatic hydroxyl groups is 1. The van der Waals surface area contributed by atoms with Gasteiger partial charge < -0.3 is 15.4 Å². The van der Waals surface area contributed by atoms with Crippen molar-refractivity contribution in [3.8, 4) is 0 Å². The zero-order valence-corrected chi connectivity index (χ0v) is 13.7. The molecule has 2 aromatic carbocycles. The Hall–Kier alpha value is -1.76. The second kappa shape index (κ2) is 6.63. The Labute approximate surface area is 143 Å². The fourth-order valence-electron chi connectivity index (χ4n) is 3.01. The van der Waals surface area contributed by atoms with E-state index in [0.29, 0.717) is 0 Å². The van der Waals surface area contributed by atoms with Crippen LogP contribution in [0, 0.1) is 0 Å². The molecule has 0 unspecified atom stereocenters. The number of alkyl halides is 3. The van der Waals surface area contributed by atoms with Crippen LogP contribution in [0.3, 0.4) is 0 Å². The molecule has 7 heteroatoms. The van der Waals surface area contributed by atoms with Crippen LogP contribution >= 0.6 is 12.4 Å². The van der Waals surface area contributed by atoms with Crippen molar-refractivity contribution in [2.75, 3.05) is 0 Å². The maximum Gasteiger partial charge on any atom is 0.416 e. The van der Waals surface area contributed by atoms with Gasteiger partial charge in [-0.25, -0.2) is 0 Å². The minimum absolute atomic E-state index is 0. The molecule has 130 valence electrons. The lowest BCUT2D eigenvalue weighted by atomic mass is 9.99. The fourth-order valence-corrected chi connectivity index (χ4v) is 3.01. The largest absolute Gasteiger partial charge is 0.416 e. The molecule has 0 aliphatic carbocycles. The Morgan fingerprint density at radius 1 is 1.08 bits per heavy atom. The number of hydrogen-bond donors (Lipinski definition) is 2. The van der Waals surface area contributed by atoms with E-state index in [1.165, 1.54) is 0 Å². The first kappa shape index (κ1) is 18.6. The van der Waals surface area contributed by atoms with Gasteiger partial charge in [-0.2, -0.15) is 13.2 Å². The molecule has 3 nitrogen and oxygen atoms in total. The standard InChI is InChI=1S/C17H17F3N2O.ClH/c1-2-22-13-6-4-3-5-11(13)12-9-10(7-8-14(12)22)15(21)16(23)17(18,19)20;/h3-9,15-16,23H,2,21H2,1H3;1H/t15-,16-;/m1./s1. The zero-order valence-electron chi connectivity index (χ0n) is 12.9. The minimum atomic E-state index is -4.74. The van der Waals surface area contributed by atoms with Crippen molar-refractivity contribution in [3.05, 3.63) is 48.0 Å².